The maximum Gasteiger partial charge on any atom is 0.329 e. The summed E-state index contributed by atoms with van der Waals surface area (Å²) in [5.41, 5.74) is 0. The third-order valence-electron chi connectivity index (χ3n) is 0.836. The Hall–Kier alpha value is -0.570. The highest BCUT2D eigenvalue weighted by Crippen LogP contribution is 1.93. The van der Waals surface area contributed by atoms with Gasteiger partial charge in [-0.15, -0.1) is 0 Å². The van der Waals surface area contributed by atoms with E-state index in [1.165, 1.54) is 0 Å². The fraction of sp³-hybridized carbons (Fsp3) is 0.800. The van der Waals surface area contributed by atoms with Crippen LogP contribution in [0, 0.1) is 0 Å². The van der Waals surface area contributed by atoms with E-state index in [1.54, 1.807) is 0 Å². The second-order valence-corrected chi connectivity index (χ2v) is 1.57. The van der Waals surface area contributed by atoms with Crippen LogP contribution < -0.4 is 5.90 Å². The van der Waals surface area contributed by atoms with Crippen molar-refractivity contribution in [1.29, 1.82) is 0 Å². The maximum atomic E-state index is 10.1. The summed E-state index contributed by atoms with van der Waals surface area (Å²) in [5.74, 6) is 7.16. The summed E-state index contributed by atoms with van der Waals surface area (Å²) in [4.78, 5) is 13.5. The predicted molar refractivity (Wildman–Crippen MR) is 27.8 cm³/mol. The van der Waals surface area contributed by atoms with Crippen LogP contribution in [-0.2, 0) is 9.63 Å². The van der Waals surface area contributed by atoms with Crippen molar-refractivity contribution in [2.75, 3.05) is 0 Å². The summed E-state index contributed by atoms with van der Waals surface area (Å²) in [6.45, 7) is 1.96. The van der Waals surface area contributed by atoms with E-state index in [4.69, 9.17) is 5.90 Å². The van der Waals surface area contributed by atoms with Gasteiger partial charge >= 0.3 is 5.97 Å². The first-order valence-corrected chi connectivity index (χ1v) is 2.65. The summed E-state index contributed by atoms with van der Waals surface area (Å²) >= 11 is 0. The Morgan fingerprint density at radius 1 is 1.75 bits per heavy atom. The molecule has 0 saturated carbocycles. The van der Waals surface area contributed by atoms with E-state index in [2.05, 4.69) is 4.84 Å². The number of rotatable bonds is 3. The zero-order chi connectivity index (χ0) is 6.41. The standard InChI is InChI=1S/C5H9NO2/c1-2-3-4-5(7)8-6/h2-4H2,1H3. The first-order valence-electron chi connectivity index (χ1n) is 2.65. The maximum absolute atomic E-state index is 10.1. The molecule has 0 saturated heterocycles. The van der Waals surface area contributed by atoms with Gasteiger partial charge in [-0.2, -0.15) is 0 Å². The highest BCUT2D eigenvalue weighted by atomic mass is 16.7. The number of hydrogen-bond donors (Lipinski definition) is 0. The second-order valence-electron chi connectivity index (χ2n) is 1.57. The number of carbonyl (C=O) groups excluding carboxylic acids is 1. The minimum Gasteiger partial charge on any atom is -0.329 e. The topological polar surface area (TPSA) is 48.6 Å². The third kappa shape index (κ3) is 3.61. The van der Waals surface area contributed by atoms with Crippen LogP contribution in [0.25, 0.3) is 0 Å². The molecule has 0 aliphatic rings. The lowest BCUT2D eigenvalue weighted by molar-refractivity contribution is -0.145. The zero-order valence-corrected chi connectivity index (χ0v) is 4.89. The van der Waals surface area contributed by atoms with Crippen LogP contribution >= 0.6 is 0 Å². The summed E-state index contributed by atoms with van der Waals surface area (Å²) in [5, 5.41) is 0. The van der Waals surface area contributed by atoms with Crippen LogP contribution in [0.5, 0.6) is 0 Å². The average Bonchev–Trinajstić information content (AvgIpc) is 1.83. The molecule has 0 bridgehead atoms. The molecule has 0 spiro atoms. The lowest BCUT2D eigenvalue weighted by atomic mass is 10.3. The molecule has 0 aromatic heterocycles. The molecule has 0 amide bonds. The lowest BCUT2D eigenvalue weighted by Crippen LogP contribution is -2.00. The molecule has 0 aliphatic heterocycles. The van der Waals surface area contributed by atoms with Crippen molar-refractivity contribution in [2.24, 2.45) is 0 Å². The smallest absolute Gasteiger partial charge is 0.329 e. The average molecular weight is 115 g/mol. The first kappa shape index (κ1) is 7.43. The number of hydrogen-bond acceptors (Lipinski definition) is 2. The Balaban J connectivity index is 2.99. The van der Waals surface area contributed by atoms with Crippen LogP contribution in [-0.4, -0.2) is 5.97 Å². The Labute approximate surface area is 48.8 Å². The van der Waals surface area contributed by atoms with Gasteiger partial charge in [0.05, 0.1) is 0 Å². The van der Waals surface area contributed by atoms with Gasteiger partial charge in [-0.3, -0.25) is 4.79 Å². The Morgan fingerprint density at radius 2 is 2.38 bits per heavy atom. The van der Waals surface area contributed by atoms with Crippen LogP contribution in [0.15, 0.2) is 0 Å². The number of carbonyl (C=O) groups is 1. The van der Waals surface area contributed by atoms with Crippen LogP contribution in [0.4, 0.5) is 0 Å². The van der Waals surface area contributed by atoms with Gasteiger partial charge in [-0.1, -0.05) is 13.3 Å². The molecule has 0 aromatic carbocycles. The molecule has 8 heavy (non-hydrogen) atoms. The summed E-state index contributed by atoms with van der Waals surface area (Å²) < 4.78 is 0. The third-order valence-corrected chi connectivity index (χ3v) is 0.836. The molecule has 0 fully saturated rings. The highest BCUT2D eigenvalue weighted by Gasteiger charge is 1.97. The van der Waals surface area contributed by atoms with Gasteiger partial charge in [-0.05, 0) is 6.42 Å². The van der Waals surface area contributed by atoms with Gasteiger partial charge in [0, 0.05) is 6.42 Å². The Morgan fingerprint density at radius 3 is 2.75 bits per heavy atom. The Bertz CT molecular complexity index is 72.8. The van der Waals surface area contributed by atoms with E-state index in [-0.39, 0.29) is 0 Å². The molecule has 0 N–H and O–H groups in total. The molecule has 2 radical (unpaired) electrons. The fourth-order valence-electron chi connectivity index (χ4n) is 0.367. The van der Waals surface area contributed by atoms with Crippen molar-refractivity contribution >= 4 is 5.97 Å². The molecule has 3 heteroatoms. The van der Waals surface area contributed by atoms with E-state index in [9.17, 15) is 4.79 Å². The Kier molecular flexibility index (Phi) is 4.26. The SMILES string of the molecule is CCCCC(=O)O[N]. The van der Waals surface area contributed by atoms with Gasteiger partial charge in [0.15, 0.2) is 0 Å². The summed E-state index contributed by atoms with van der Waals surface area (Å²) in [7, 11) is 0. The monoisotopic (exact) mass is 115 g/mol. The molecule has 0 unspecified atom stereocenters. The molecule has 0 aromatic rings. The van der Waals surface area contributed by atoms with E-state index in [0.29, 0.717) is 6.42 Å². The van der Waals surface area contributed by atoms with Gasteiger partial charge in [0.25, 0.3) is 0 Å². The van der Waals surface area contributed by atoms with E-state index >= 15 is 0 Å². The zero-order valence-electron chi connectivity index (χ0n) is 4.89. The minimum absolute atomic E-state index is 0.312. The van der Waals surface area contributed by atoms with Gasteiger partial charge in [0.2, 0.25) is 0 Å². The van der Waals surface area contributed by atoms with E-state index in [0.717, 1.165) is 12.8 Å². The van der Waals surface area contributed by atoms with Crippen LogP contribution in [0.3, 0.4) is 0 Å². The molecule has 3 nitrogen and oxygen atoms in total. The largest absolute Gasteiger partial charge is 0.329 e. The van der Waals surface area contributed by atoms with Crippen molar-refractivity contribution in [3.8, 4) is 0 Å². The van der Waals surface area contributed by atoms with Crippen molar-refractivity contribution < 1.29 is 9.63 Å². The van der Waals surface area contributed by atoms with Gasteiger partial charge in [-0.25, -0.2) is 0 Å². The molecule has 0 atom stereocenters. The van der Waals surface area contributed by atoms with Crippen molar-refractivity contribution in [3.63, 3.8) is 0 Å². The van der Waals surface area contributed by atoms with Gasteiger partial charge < -0.3 is 4.84 Å². The normalized spacial score (nSPS) is 8.75. The molecule has 0 aliphatic carbocycles. The van der Waals surface area contributed by atoms with E-state index in [1.807, 2.05) is 6.92 Å². The number of nitrogens with zero attached hydrogens (tertiary/aromatic N) is 1. The molecule has 0 rings (SSSR count). The fourth-order valence-corrected chi connectivity index (χ4v) is 0.367. The molecule has 0 heterocycles. The van der Waals surface area contributed by atoms with Crippen LogP contribution in [0.1, 0.15) is 26.2 Å². The molecule has 46 valence electrons. The van der Waals surface area contributed by atoms with Crippen LogP contribution in [0.2, 0.25) is 0 Å². The minimum atomic E-state index is -0.549. The second kappa shape index (κ2) is 4.59. The summed E-state index contributed by atoms with van der Waals surface area (Å²) in [6, 6.07) is 0. The van der Waals surface area contributed by atoms with E-state index < -0.39 is 5.97 Å². The van der Waals surface area contributed by atoms with Gasteiger partial charge in [0.1, 0.15) is 5.90 Å². The van der Waals surface area contributed by atoms with Crippen molar-refractivity contribution in [1.82, 2.24) is 5.90 Å². The summed E-state index contributed by atoms with van der Waals surface area (Å²) in [6.07, 6.45) is 2.03. The number of unbranched alkanes of at least 4 members (excludes halogenated alkanes) is 1. The van der Waals surface area contributed by atoms with Crippen molar-refractivity contribution in [3.05, 3.63) is 0 Å². The highest BCUT2D eigenvalue weighted by molar-refractivity contribution is 5.68. The quantitative estimate of drug-likeness (QED) is 0.508. The molecular formula is C5H9NO2. The van der Waals surface area contributed by atoms with Crippen molar-refractivity contribution in [2.45, 2.75) is 26.2 Å². The first-order chi connectivity index (χ1) is 3.81. The predicted octanol–water partition coefficient (Wildman–Crippen LogP) is 0.704. The molecular weight excluding hydrogens is 106 g/mol. The lowest BCUT2D eigenvalue weighted by Gasteiger charge is -1.89.